The first kappa shape index (κ1) is 19.9. The van der Waals surface area contributed by atoms with Gasteiger partial charge in [0, 0.05) is 6.54 Å². The molecule has 0 aliphatic carbocycles. The molecule has 1 rings (SSSR count). The highest BCUT2D eigenvalue weighted by molar-refractivity contribution is 7.89. The molecule has 0 heterocycles. The van der Waals surface area contributed by atoms with Crippen molar-refractivity contribution in [3.8, 4) is 0 Å². The Hall–Kier alpha value is -1.18. The minimum absolute atomic E-state index is 0.203. The van der Waals surface area contributed by atoms with Crippen LogP contribution in [0.25, 0.3) is 0 Å². The third-order valence-corrected chi connectivity index (χ3v) is 4.96. The zero-order valence-corrected chi connectivity index (χ0v) is 15.5. The minimum Gasteiger partial charge on any atom is -0.362 e. The van der Waals surface area contributed by atoms with Crippen LogP contribution in [-0.4, -0.2) is 20.1 Å². The van der Waals surface area contributed by atoms with Crippen LogP contribution in [0.15, 0.2) is 29.2 Å². The molecule has 0 bridgehead atoms. The lowest BCUT2D eigenvalue weighted by atomic mass is 10.1. The minimum atomic E-state index is -3.61. The average Bonchev–Trinajstić information content (AvgIpc) is 2.52. The van der Waals surface area contributed by atoms with E-state index in [0.717, 1.165) is 24.9 Å². The molecule has 0 fully saturated rings. The molecule has 3 N–H and O–H groups in total. The summed E-state index contributed by atoms with van der Waals surface area (Å²) in [5, 5.41) is 3.29. The van der Waals surface area contributed by atoms with Gasteiger partial charge in [-0.15, -0.1) is 4.83 Å². The second-order valence-corrected chi connectivity index (χ2v) is 7.66. The number of aryl methyl sites for hydroxylation is 1. The van der Waals surface area contributed by atoms with E-state index in [4.69, 9.17) is 12.2 Å². The number of benzene rings is 1. The van der Waals surface area contributed by atoms with Gasteiger partial charge in [-0.2, -0.15) is 0 Å². The smallest absolute Gasteiger partial charge is 0.257 e. The van der Waals surface area contributed by atoms with Crippen LogP contribution in [0.1, 0.15) is 51.0 Å². The highest BCUT2D eigenvalue weighted by Gasteiger charge is 2.13. The Morgan fingerprint density at radius 2 is 1.65 bits per heavy atom. The summed E-state index contributed by atoms with van der Waals surface area (Å²) >= 11 is 5.06. The van der Waals surface area contributed by atoms with Crippen LogP contribution < -0.4 is 15.6 Å². The molecule has 5 nitrogen and oxygen atoms in total. The van der Waals surface area contributed by atoms with Crippen molar-refractivity contribution >= 4 is 27.4 Å². The van der Waals surface area contributed by atoms with Crippen LogP contribution in [-0.2, 0) is 10.0 Å². The number of thiocarbonyl (C=S) groups is 1. The summed E-state index contributed by atoms with van der Waals surface area (Å²) in [5.41, 5.74) is 3.54. The fourth-order valence-corrected chi connectivity index (χ4v) is 3.11. The zero-order chi connectivity index (χ0) is 17.1. The largest absolute Gasteiger partial charge is 0.362 e. The molecule has 130 valence electrons. The van der Waals surface area contributed by atoms with Crippen molar-refractivity contribution in [1.82, 2.24) is 15.6 Å². The van der Waals surface area contributed by atoms with E-state index in [0.29, 0.717) is 0 Å². The van der Waals surface area contributed by atoms with Gasteiger partial charge in [0.05, 0.1) is 4.90 Å². The second kappa shape index (κ2) is 10.6. The first-order chi connectivity index (χ1) is 11.0. The van der Waals surface area contributed by atoms with Gasteiger partial charge in [-0.3, -0.25) is 5.43 Å². The van der Waals surface area contributed by atoms with E-state index < -0.39 is 10.0 Å². The molecule has 7 heteroatoms. The molecule has 0 aliphatic heterocycles. The number of sulfonamides is 1. The van der Waals surface area contributed by atoms with E-state index in [9.17, 15) is 8.42 Å². The summed E-state index contributed by atoms with van der Waals surface area (Å²) in [6.45, 7) is 4.84. The van der Waals surface area contributed by atoms with Gasteiger partial charge < -0.3 is 5.32 Å². The third kappa shape index (κ3) is 8.29. The average molecular weight is 358 g/mol. The van der Waals surface area contributed by atoms with Gasteiger partial charge in [0.15, 0.2) is 5.11 Å². The molecule has 0 saturated heterocycles. The maximum Gasteiger partial charge on any atom is 0.257 e. The number of unbranched alkanes of at least 4 members (excludes halogenated alkanes) is 5. The second-order valence-electron chi connectivity index (χ2n) is 5.57. The van der Waals surface area contributed by atoms with Crippen LogP contribution in [0.2, 0.25) is 0 Å². The summed E-state index contributed by atoms with van der Waals surface area (Å²) in [6, 6.07) is 6.63. The quantitative estimate of drug-likeness (QED) is 0.341. The van der Waals surface area contributed by atoms with Crippen molar-refractivity contribution < 1.29 is 8.42 Å². The predicted molar refractivity (Wildman–Crippen MR) is 98.6 cm³/mol. The number of hydrogen-bond donors (Lipinski definition) is 3. The lowest BCUT2D eigenvalue weighted by Crippen LogP contribution is -2.46. The molecule has 0 atom stereocenters. The molecule has 1 aromatic rings. The number of rotatable bonds is 10. The molecule has 0 aliphatic rings. The molecule has 0 radical (unpaired) electrons. The van der Waals surface area contributed by atoms with Crippen LogP contribution in [0.4, 0.5) is 0 Å². The van der Waals surface area contributed by atoms with E-state index in [2.05, 4.69) is 22.5 Å². The molecule has 0 saturated carbocycles. The lowest BCUT2D eigenvalue weighted by Gasteiger charge is -2.12. The van der Waals surface area contributed by atoms with Gasteiger partial charge in [0.1, 0.15) is 0 Å². The van der Waals surface area contributed by atoms with Crippen molar-refractivity contribution in [2.24, 2.45) is 0 Å². The fraction of sp³-hybridized carbons (Fsp3) is 0.562. The van der Waals surface area contributed by atoms with Crippen LogP contribution in [0.3, 0.4) is 0 Å². The van der Waals surface area contributed by atoms with Crippen molar-refractivity contribution in [1.29, 1.82) is 0 Å². The van der Waals surface area contributed by atoms with E-state index in [1.54, 1.807) is 24.3 Å². The Bertz CT molecular complexity index is 571. The van der Waals surface area contributed by atoms with Crippen LogP contribution in [0.5, 0.6) is 0 Å². The van der Waals surface area contributed by atoms with Crippen LogP contribution in [0, 0.1) is 6.92 Å². The van der Waals surface area contributed by atoms with Crippen LogP contribution >= 0.6 is 12.2 Å². The van der Waals surface area contributed by atoms with E-state index in [-0.39, 0.29) is 10.0 Å². The fourth-order valence-electron chi connectivity index (χ4n) is 2.04. The van der Waals surface area contributed by atoms with Gasteiger partial charge in [-0.05, 0) is 37.7 Å². The molecule has 0 spiro atoms. The summed E-state index contributed by atoms with van der Waals surface area (Å²) < 4.78 is 24.1. The van der Waals surface area contributed by atoms with Gasteiger partial charge >= 0.3 is 0 Å². The Morgan fingerprint density at radius 1 is 1.04 bits per heavy atom. The highest BCUT2D eigenvalue weighted by Crippen LogP contribution is 2.09. The lowest BCUT2D eigenvalue weighted by molar-refractivity contribution is 0.574. The van der Waals surface area contributed by atoms with Crippen molar-refractivity contribution in [3.63, 3.8) is 0 Å². The summed E-state index contributed by atoms with van der Waals surface area (Å²) in [7, 11) is -3.61. The summed E-state index contributed by atoms with van der Waals surface area (Å²) in [6.07, 6.45) is 7.22. The SMILES string of the molecule is CCCCCCCCNC(=S)NNS(=O)(=O)c1ccc(C)cc1. The van der Waals surface area contributed by atoms with Crippen molar-refractivity contribution in [2.45, 2.75) is 57.3 Å². The molecule has 1 aromatic carbocycles. The normalized spacial score (nSPS) is 11.2. The first-order valence-electron chi connectivity index (χ1n) is 8.08. The van der Waals surface area contributed by atoms with E-state index in [1.807, 2.05) is 6.92 Å². The Balaban J connectivity index is 2.23. The van der Waals surface area contributed by atoms with E-state index in [1.165, 1.54) is 25.7 Å². The Morgan fingerprint density at radius 3 is 2.30 bits per heavy atom. The molecule has 0 unspecified atom stereocenters. The molecular weight excluding hydrogens is 330 g/mol. The number of hydrazine groups is 1. The molecule has 0 amide bonds. The summed E-state index contributed by atoms with van der Waals surface area (Å²) in [5.74, 6) is 0. The first-order valence-corrected chi connectivity index (χ1v) is 9.97. The number of hydrogen-bond acceptors (Lipinski definition) is 3. The standard InChI is InChI=1S/C16H27N3O2S2/c1-3-4-5-6-7-8-13-17-16(22)18-19-23(20,21)15-11-9-14(2)10-12-15/h9-12,19H,3-8,13H2,1-2H3,(H2,17,18,22). The van der Waals surface area contributed by atoms with Gasteiger partial charge in [0.2, 0.25) is 0 Å². The molecule has 23 heavy (non-hydrogen) atoms. The maximum atomic E-state index is 12.1. The maximum absolute atomic E-state index is 12.1. The van der Waals surface area contributed by atoms with E-state index >= 15 is 0 Å². The Labute approximate surface area is 145 Å². The predicted octanol–water partition coefficient (Wildman–Crippen LogP) is 3.01. The highest BCUT2D eigenvalue weighted by atomic mass is 32.2. The number of nitrogens with one attached hydrogen (secondary N) is 3. The van der Waals surface area contributed by atoms with Crippen molar-refractivity contribution in [3.05, 3.63) is 29.8 Å². The van der Waals surface area contributed by atoms with Gasteiger partial charge in [0.25, 0.3) is 10.0 Å². The summed E-state index contributed by atoms with van der Waals surface area (Å²) in [4.78, 5) is 2.48. The van der Waals surface area contributed by atoms with Gasteiger partial charge in [-0.1, -0.05) is 56.7 Å². The molecule has 0 aromatic heterocycles. The van der Waals surface area contributed by atoms with Gasteiger partial charge in [-0.25, -0.2) is 8.42 Å². The third-order valence-electron chi connectivity index (χ3n) is 3.45. The van der Waals surface area contributed by atoms with Crippen molar-refractivity contribution in [2.75, 3.05) is 6.54 Å². The zero-order valence-electron chi connectivity index (χ0n) is 13.9. The molecular formula is C16H27N3O2S2. The Kier molecular flexibility index (Phi) is 9.13. The topological polar surface area (TPSA) is 70.2 Å². The monoisotopic (exact) mass is 357 g/mol.